The maximum atomic E-state index is 6.08. The van der Waals surface area contributed by atoms with E-state index in [1.54, 1.807) is 7.11 Å². The second-order valence-corrected chi connectivity index (χ2v) is 3.96. The summed E-state index contributed by atoms with van der Waals surface area (Å²) in [6, 6.07) is 6.13. The normalized spacial score (nSPS) is 12.8. The van der Waals surface area contributed by atoms with Gasteiger partial charge in [0.1, 0.15) is 0 Å². The smallest absolute Gasteiger partial charge is 0.0701 e. The Kier molecular flexibility index (Phi) is 5.46. The highest BCUT2D eigenvalue weighted by Crippen LogP contribution is 2.18. The molecule has 0 amide bonds. The summed E-state index contributed by atoms with van der Waals surface area (Å²) in [5.74, 6) is 0. The lowest BCUT2D eigenvalue weighted by Crippen LogP contribution is -2.19. The van der Waals surface area contributed by atoms with E-state index >= 15 is 0 Å². The van der Waals surface area contributed by atoms with Crippen LogP contribution < -0.4 is 5.73 Å². The van der Waals surface area contributed by atoms with E-state index in [0.717, 1.165) is 5.56 Å². The molecule has 0 bridgehead atoms. The van der Waals surface area contributed by atoms with Crippen molar-refractivity contribution in [2.24, 2.45) is 5.73 Å². The first kappa shape index (κ1) is 13.2. The summed E-state index contributed by atoms with van der Waals surface area (Å²) in [6.07, 6.45) is 0. The summed E-state index contributed by atoms with van der Waals surface area (Å²) in [7, 11) is 1.66. The highest BCUT2D eigenvalue weighted by molar-refractivity contribution is 5.35. The Hall–Kier alpha value is -0.900. The summed E-state index contributed by atoms with van der Waals surface area (Å²) in [6.45, 7) is 5.93. The molecule has 0 heterocycles. The van der Waals surface area contributed by atoms with E-state index in [0.29, 0.717) is 19.8 Å². The van der Waals surface area contributed by atoms with Crippen LogP contribution in [0.2, 0.25) is 0 Å². The van der Waals surface area contributed by atoms with Crippen molar-refractivity contribution in [3.8, 4) is 0 Å². The first-order valence-electron chi connectivity index (χ1n) is 5.55. The highest BCUT2D eigenvalue weighted by atomic mass is 16.5. The van der Waals surface area contributed by atoms with Crippen molar-refractivity contribution in [2.75, 3.05) is 26.9 Å². The van der Waals surface area contributed by atoms with Gasteiger partial charge in [0.25, 0.3) is 0 Å². The zero-order chi connectivity index (χ0) is 12.0. The Morgan fingerprint density at radius 2 is 2.00 bits per heavy atom. The number of benzene rings is 1. The van der Waals surface area contributed by atoms with Gasteiger partial charge in [-0.2, -0.15) is 0 Å². The van der Waals surface area contributed by atoms with E-state index in [-0.39, 0.29) is 6.04 Å². The number of methoxy groups -OCH3 is 1. The molecule has 3 nitrogen and oxygen atoms in total. The van der Waals surface area contributed by atoms with E-state index in [9.17, 15) is 0 Å². The molecule has 0 saturated carbocycles. The molecule has 3 heteroatoms. The minimum absolute atomic E-state index is 0.0586. The third-order valence-corrected chi connectivity index (χ3v) is 2.78. The van der Waals surface area contributed by atoms with Gasteiger partial charge < -0.3 is 15.2 Å². The molecular weight excluding hydrogens is 202 g/mol. The molecule has 16 heavy (non-hydrogen) atoms. The fourth-order valence-corrected chi connectivity index (χ4v) is 1.62. The van der Waals surface area contributed by atoms with Crippen LogP contribution in [-0.4, -0.2) is 26.9 Å². The van der Waals surface area contributed by atoms with E-state index in [2.05, 4.69) is 26.0 Å². The minimum Gasteiger partial charge on any atom is -0.382 e. The number of hydrogen-bond acceptors (Lipinski definition) is 3. The molecule has 0 aromatic heterocycles. The second-order valence-electron chi connectivity index (χ2n) is 3.96. The van der Waals surface area contributed by atoms with Crippen LogP contribution in [0.4, 0.5) is 0 Å². The largest absolute Gasteiger partial charge is 0.382 e. The lowest BCUT2D eigenvalue weighted by molar-refractivity contribution is 0.0635. The zero-order valence-electron chi connectivity index (χ0n) is 10.3. The molecule has 90 valence electrons. The predicted octanol–water partition coefficient (Wildman–Crippen LogP) is 1.97. The van der Waals surface area contributed by atoms with E-state index in [4.69, 9.17) is 15.2 Å². The van der Waals surface area contributed by atoms with Crippen molar-refractivity contribution in [3.05, 3.63) is 34.9 Å². The van der Waals surface area contributed by atoms with Crippen LogP contribution in [0.3, 0.4) is 0 Å². The molecule has 0 aliphatic rings. The molecule has 0 spiro atoms. The quantitative estimate of drug-likeness (QED) is 0.750. The fraction of sp³-hybridized carbons (Fsp3) is 0.538. The maximum Gasteiger partial charge on any atom is 0.0701 e. The third kappa shape index (κ3) is 3.59. The van der Waals surface area contributed by atoms with Crippen LogP contribution in [0.25, 0.3) is 0 Å². The monoisotopic (exact) mass is 223 g/mol. The van der Waals surface area contributed by atoms with E-state index < -0.39 is 0 Å². The molecule has 0 aliphatic carbocycles. The summed E-state index contributed by atoms with van der Waals surface area (Å²) >= 11 is 0. The summed E-state index contributed by atoms with van der Waals surface area (Å²) in [5.41, 5.74) is 9.77. The molecule has 2 N–H and O–H groups in total. The van der Waals surface area contributed by atoms with E-state index in [1.165, 1.54) is 11.1 Å². The molecule has 1 aromatic carbocycles. The van der Waals surface area contributed by atoms with Gasteiger partial charge in [-0.05, 0) is 30.5 Å². The summed E-state index contributed by atoms with van der Waals surface area (Å²) in [5, 5.41) is 0. The van der Waals surface area contributed by atoms with Gasteiger partial charge >= 0.3 is 0 Å². The average Bonchev–Trinajstić information content (AvgIpc) is 2.28. The lowest BCUT2D eigenvalue weighted by Gasteiger charge is -2.16. The molecule has 1 rings (SSSR count). The van der Waals surface area contributed by atoms with Crippen LogP contribution in [-0.2, 0) is 9.47 Å². The number of hydrogen-bond donors (Lipinski definition) is 1. The Labute approximate surface area is 97.6 Å². The van der Waals surface area contributed by atoms with Gasteiger partial charge in [-0.25, -0.2) is 0 Å². The third-order valence-electron chi connectivity index (χ3n) is 2.78. The van der Waals surface area contributed by atoms with Crippen molar-refractivity contribution in [1.82, 2.24) is 0 Å². The Bertz CT molecular complexity index is 326. The predicted molar refractivity (Wildman–Crippen MR) is 65.5 cm³/mol. The summed E-state index contributed by atoms with van der Waals surface area (Å²) < 4.78 is 10.3. The maximum absolute atomic E-state index is 6.08. The molecule has 1 aromatic rings. The topological polar surface area (TPSA) is 44.5 Å². The number of nitrogens with two attached hydrogens (primary N) is 1. The van der Waals surface area contributed by atoms with Gasteiger partial charge in [0.15, 0.2) is 0 Å². The van der Waals surface area contributed by atoms with Crippen molar-refractivity contribution >= 4 is 0 Å². The van der Waals surface area contributed by atoms with Gasteiger partial charge in [0.05, 0.1) is 25.9 Å². The van der Waals surface area contributed by atoms with Crippen LogP contribution >= 0.6 is 0 Å². The van der Waals surface area contributed by atoms with Gasteiger partial charge in [0, 0.05) is 7.11 Å². The average molecular weight is 223 g/mol. The molecule has 0 fully saturated rings. The molecule has 1 atom stereocenters. The first-order valence-corrected chi connectivity index (χ1v) is 5.55. The lowest BCUT2D eigenvalue weighted by atomic mass is 9.98. The zero-order valence-corrected chi connectivity index (χ0v) is 10.3. The fourth-order valence-electron chi connectivity index (χ4n) is 1.62. The van der Waals surface area contributed by atoms with Gasteiger partial charge in [-0.15, -0.1) is 0 Å². The number of ether oxygens (including phenoxy) is 2. The second kappa shape index (κ2) is 6.63. The van der Waals surface area contributed by atoms with Crippen LogP contribution in [0, 0.1) is 13.8 Å². The number of aryl methyl sites for hydroxylation is 1. The van der Waals surface area contributed by atoms with Gasteiger partial charge in [-0.1, -0.05) is 18.2 Å². The summed E-state index contributed by atoms with van der Waals surface area (Å²) in [4.78, 5) is 0. The van der Waals surface area contributed by atoms with Crippen molar-refractivity contribution in [2.45, 2.75) is 19.9 Å². The van der Waals surface area contributed by atoms with E-state index in [1.807, 2.05) is 6.07 Å². The molecule has 0 saturated heterocycles. The first-order chi connectivity index (χ1) is 7.66. The molecule has 0 radical (unpaired) electrons. The van der Waals surface area contributed by atoms with Crippen molar-refractivity contribution in [1.29, 1.82) is 0 Å². The highest BCUT2D eigenvalue weighted by Gasteiger charge is 2.09. The Morgan fingerprint density at radius 1 is 1.25 bits per heavy atom. The van der Waals surface area contributed by atoms with Crippen LogP contribution in [0.15, 0.2) is 18.2 Å². The Balaban J connectivity index is 2.52. The van der Waals surface area contributed by atoms with Gasteiger partial charge in [-0.3, -0.25) is 0 Å². The standard InChI is InChI=1S/C13H21NO2/c1-10-5-4-6-12(11(10)2)13(14)9-16-8-7-15-3/h4-6,13H,7-9,14H2,1-3H3. The molecule has 1 unspecified atom stereocenters. The van der Waals surface area contributed by atoms with Gasteiger partial charge in [0.2, 0.25) is 0 Å². The van der Waals surface area contributed by atoms with Crippen LogP contribution in [0.1, 0.15) is 22.7 Å². The molecule has 0 aliphatic heterocycles. The van der Waals surface area contributed by atoms with Crippen molar-refractivity contribution < 1.29 is 9.47 Å². The SMILES string of the molecule is COCCOCC(N)c1cccc(C)c1C. The minimum atomic E-state index is -0.0586. The molecular formula is C13H21NO2. The number of rotatable bonds is 6. The van der Waals surface area contributed by atoms with Crippen molar-refractivity contribution in [3.63, 3.8) is 0 Å². The Morgan fingerprint density at radius 3 is 2.69 bits per heavy atom. The van der Waals surface area contributed by atoms with Crippen LogP contribution in [0.5, 0.6) is 0 Å².